The summed E-state index contributed by atoms with van der Waals surface area (Å²) >= 11 is 0. The standard InChI is InChI=1S/C20H24N6O4S/c1-22-20-18(13(11-27)8-9-23-20)26-10-3-2-5-14(26)12-30-16-7-4-6-15-17(16)19(21)25-31(28,29)24-15/h4,6-9,11,14,24H,2-3,5,10,12H2,1H3,(H2,21,25)(H,22,23)/t14-/m1/s1. The van der Waals surface area contributed by atoms with Crippen LogP contribution in [0.2, 0.25) is 0 Å². The number of benzene rings is 1. The first kappa shape index (κ1) is 20.9. The average Bonchev–Trinajstić information content (AvgIpc) is 2.76. The maximum Gasteiger partial charge on any atom is 0.344 e. The number of hydrogen-bond acceptors (Lipinski definition) is 8. The van der Waals surface area contributed by atoms with E-state index >= 15 is 0 Å². The molecule has 4 rings (SSSR count). The van der Waals surface area contributed by atoms with Crippen LogP contribution in [0.3, 0.4) is 0 Å². The van der Waals surface area contributed by atoms with Gasteiger partial charge in [-0.25, -0.2) is 4.98 Å². The minimum Gasteiger partial charge on any atom is -0.491 e. The first-order valence-corrected chi connectivity index (χ1v) is 11.4. The fourth-order valence-electron chi connectivity index (χ4n) is 4.04. The Morgan fingerprint density at radius 3 is 2.97 bits per heavy atom. The number of nitrogens with zero attached hydrogens (tertiary/aromatic N) is 3. The summed E-state index contributed by atoms with van der Waals surface area (Å²) in [6.07, 6.45) is 5.35. The Hall–Kier alpha value is -3.34. The number of carbonyl (C=O) groups excluding carboxylic acids is 1. The summed E-state index contributed by atoms with van der Waals surface area (Å²) in [4.78, 5) is 18.2. The quantitative estimate of drug-likeness (QED) is 0.573. The van der Waals surface area contributed by atoms with Crippen molar-refractivity contribution in [3.63, 3.8) is 0 Å². The van der Waals surface area contributed by atoms with Gasteiger partial charge in [-0.1, -0.05) is 6.07 Å². The number of ether oxygens (including phenoxy) is 1. The van der Waals surface area contributed by atoms with Crippen molar-refractivity contribution in [1.82, 2.24) is 4.98 Å². The van der Waals surface area contributed by atoms with Gasteiger partial charge in [0, 0.05) is 25.4 Å². The zero-order valence-electron chi connectivity index (χ0n) is 17.0. The molecule has 164 valence electrons. The number of piperidine rings is 1. The number of nitrogens with two attached hydrogens (primary N) is 1. The summed E-state index contributed by atoms with van der Waals surface area (Å²) in [6, 6.07) is 6.73. The number of aldehydes is 1. The van der Waals surface area contributed by atoms with Crippen LogP contribution >= 0.6 is 0 Å². The second kappa shape index (κ2) is 8.42. The van der Waals surface area contributed by atoms with Crippen molar-refractivity contribution in [2.45, 2.75) is 25.3 Å². The Morgan fingerprint density at radius 2 is 2.19 bits per heavy atom. The van der Waals surface area contributed by atoms with Crippen LogP contribution in [0.5, 0.6) is 5.75 Å². The number of anilines is 3. The zero-order chi connectivity index (χ0) is 22.0. The molecule has 0 bridgehead atoms. The smallest absolute Gasteiger partial charge is 0.344 e. The molecule has 2 aliphatic heterocycles. The van der Waals surface area contributed by atoms with E-state index in [0.29, 0.717) is 35.0 Å². The summed E-state index contributed by atoms with van der Waals surface area (Å²) in [5.74, 6) is 0.972. The molecule has 11 heteroatoms. The first-order chi connectivity index (χ1) is 14.9. The van der Waals surface area contributed by atoms with Gasteiger partial charge in [0.05, 0.1) is 23.0 Å². The van der Waals surface area contributed by atoms with Crippen LogP contribution < -0.4 is 25.4 Å². The molecule has 0 unspecified atom stereocenters. The molecule has 1 aromatic heterocycles. The number of pyridine rings is 1. The Labute approximate surface area is 180 Å². The normalized spacial score (nSPS) is 19.6. The van der Waals surface area contributed by atoms with Crippen LogP contribution in [0.15, 0.2) is 34.9 Å². The minimum atomic E-state index is -3.86. The van der Waals surface area contributed by atoms with Crippen LogP contribution in [-0.4, -0.2) is 51.8 Å². The lowest BCUT2D eigenvalue weighted by Crippen LogP contribution is -2.44. The van der Waals surface area contributed by atoms with Gasteiger partial charge in [0.15, 0.2) is 12.1 Å². The van der Waals surface area contributed by atoms with E-state index in [1.807, 2.05) is 0 Å². The fraction of sp³-hybridized carbons (Fsp3) is 0.350. The van der Waals surface area contributed by atoms with Gasteiger partial charge in [-0.15, -0.1) is 4.40 Å². The van der Waals surface area contributed by atoms with Crippen molar-refractivity contribution in [3.8, 4) is 5.75 Å². The van der Waals surface area contributed by atoms with Crippen molar-refractivity contribution >= 4 is 39.5 Å². The zero-order valence-corrected chi connectivity index (χ0v) is 17.9. The van der Waals surface area contributed by atoms with Crippen molar-refractivity contribution in [3.05, 3.63) is 41.6 Å². The topological polar surface area (TPSA) is 139 Å². The largest absolute Gasteiger partial charge is 0.491 e. The van der Waals surface area contributed by atoms with Crippen molar-refractivity contribution < 1.29 is 17.9 Å². The highest BCUT2D eigenvalue weighted by atomic mass is 32.2. The molecular formula is C20H24N6O4S. The van der Waals surface area contributed by atoms with Crippen LogP contribution in [0, 0.1) is 0 Å². The molecule has 0 aliphatic carbocycles. The maximum atomic E-state index is 11.8. The summed E-state index contributed by atoms with van der Waals surface area (Å²) in [7, 11) is -2.08. The summed E-state index contributed by atoms with van der Waals surface area (Å²) in [5, 5.41) is 3.07. The fourth-order valence-corrected chi connectivity index (χ4v) is 4.88. The lowest BCUT2D eigenvalue weighted by atomic mass is 10.0. The number of nitrogens with one attached hydrogen (secondary N) is 2. The Balaban J connectivity index is 1.62. The molecule has 0 saturated carbocycles. The third-order valence-electron chi connectivity index (χ3n) is 5.40. The molecule has 2 aliphatic rings. The van der Waals surface area contributed by atoms with Crippen LogP contribution in [0.4, 0.5) is 17.2 Å². The molecule has 31 heavy (non-hydrogen) atoms. The van der Waals surface area contributed by atoms with E-state index in [0.717, 1.165) is 37.8 Å². The highest BCUT2D eigenvalue weighted by Crippen LogP contribution is 2.34. The second-order valence-electron chi connectivity index (χ2n) is 7.35. The number of rotatable bonds is 6. The van der Waals surface area contributed by atoms with E-state index in [9.17, 15) is 13.2 Å². The summed E-state index contributed by atoms with van der Waals surface area (Å²) in [6.45, 7) is 1.10. The Bertz CT molecular complexity index is 1130. The van der Waals surface area contributed by atoms with E-state index in [1.165, 1.54) is 0 Å². The van der Waals surface area contributed by atoms with Gasteiger partial charge in [0.2, 0.25) is 0 Å². The number of carbonyl (C=O) groups is 1. The molecule has 1 atom stereocenters. The van der Waals surface area contributed by atoms with Gasteiger partial charge >= 0.3 is 10.2 Å². The molecule has 0 spiro atoms. The lowest BCUT2D eigenvalue weighted by molar-refractivity contribution is 0.112. The van der Waals surface area contributed by atoms with E-state index in [1.54, 1.807) is 37.5 Å². The maximum absolute atomic E-state index is 11.8. The SMILES string of the molecule is CNc1nccc(C=O)c1N1CCCC[C@@H]1COc1cccc2c1C(N)=NS(=O)(=O)N2. The molecule has 1 aromatic carbocycles. The third kappa shape index (κ3) is 4.13. The summed E-state index contributed by atoms with van der Waals surface area (Å²) in [5.41, 5.74) is 7.99. The first-order valence-electron chi connectivity index (χ1n) is 9.96. The predicted octanol–water partition coefficient (Wildman–Crippen LogP) is 1.75. The van der Waals surface area contributed by atoms with E-state index < -0.39 is 10.2 Å². The number of aromatic nitrogens is 1. The average molecular weight is 445 g/mol. The van der Waals surface area contributed by atoms with E-state index in [4.69, 9.17) is 10.5 Å². The number of fused-ring (bicyclic) bond motifs is 1. The van der Waals surface area contributed by atoms with E-state index in [2.05, 4.69) is 24.3 Å². The lowest BCUT2D eigenvalue weighted by Gasteiger charge is -2.38. The molecule has 1 saturated heterocycles. The Morgan fingerprint density at radius 1 is 1.35 bits per heavy atom. The number of hydrogen-bond donors (Lipinski definition) is 3. The van der Waals surface area contributed by atoms with Gasteiger partial charge in [0.25, 0.3) is 0 Å². The molecule has 10 nitrogen and oxygen atoms in total. The van der Waals surface area contributed by atoms with Gasteiger partial charge < -0.3 is 20.7 Å². The molecular weight excluding hydrogens is 420 g/mol. The van der Waals surface area contributed by atoms with Gasteiger partial charge in [-0.05, 0) is 37.5 Å². The molecule has 0 amide bonds. The second-order valence-corrected chi connectivity index (χ2v) is 8.69. The van der Waals surface area contributed by atoms with Gasteiger partial charge in [0.1, 0.15) is 18.2 Å². The third-order valence-corrected chi connectivity index (χ3v) is 6.32. The predicted molar refractivity (Wildman–Crippen MR) is 119 cm³/mol. The highest BCUT2D eigenvalue weighted by molar-refractivity contribution is 7.91. The molecule has 3 heterocycles. The van der Waals surface area contributed by atoms with Crippen LogP contribution in [0.25, 0.3) is 0 Å². The van der Waals surface area contributed by atoms with E-state index in [-0.39, 0.29) is 11.9 Å². The molecule has 4 N–H and O–H groups in total. The Kier molecular flexibility index (Phi) is 5.68. The monoisotopic (exact) mass is 444 g/mol. The van der Waals surface area contributed by atoms with Crippen molar-refractivity contribution in [1.29, 1.82) is 0 Å². The van der Waals surface area contributed by atoms with Crippen molar-refractivity contribution in [2.75, 3.05) is 35.1 Å². The van der Waals surface area contributed by atoms with Crippen LogP contribution in [0.1, 0.15) is 35.2 Å². The summed E-state index contributed by atoms with van der Waals surface area (Å²) < 4.78 is 35.6. The number of amidine groups is 1. The van der Waals surface area contributed by atoms with Gasteiger partial charge in [-0.3, -0.25) is 9.52 Å². The molecule has 0 radical (unpaired) electrons. The van der Waals surface area contributed by atoms with Crippen LogP contribution in [-0.2, 0) is 10.2 Å². The molecule has 1 fully saturated rings. The van der Waals surface area contributed by atoms with Crippen molar-refractivity contribution in [2.24, 2.45) is 10.1 Å². The van der Waals surface area contributed by atoms with Gasteiger partial charge in [-0.2, -0.15) is 8.42 Å². The molecule has 2 aromatic rings. The highest BCUT2D eigenvalue weighted by Gasteiger charge is 2.29. The minimum absolute atomic E-state index is 0.00180.